The number of amides is 3. The first-order chi connectivity index (χ1) is 41.7. The number of aromatic nitrogens is 3. The van der Waals surface area contributed by atoms with Crippen molar-refractivity contribution < 1.29 is 96.7 Å². The van der Waals surface area contributed by atoms with Gasteiger partial charge in [0.25, 0.3) is 0 Å². The summed E-state index contributed by atoms with van der Waals surface area (Å²) in [4.78, 5) is 53.5. The van der Waals surface area contributed by atoms with Gasteiger partial charge in [-0.3, -0.25) is 18.6 Å². The predicted octanol–water partition coefficient (Wildman–Crippen LogP) is 1.72. The second-order valence-electron chi connectivity index (χ2n) is 23.8. The van der Waals surface area contributed by atoms with Crippen LogP contribution in [0.25, 0.3) is 0 Å². The number of fused-ring (bicyclic) bond motifs is 8. The van der Waals surface area contributed by atoms with Crippen LogP contribution in [0, 0.1) is 0 Å². The van der Waals surface area contributed by atoms with Crippen LogP contribution in [0.5, 0.6) is 23.0 Å². The van der Waals surface area contributed by atoms with E-state index in [9.17, 15) is 49.8 Å². The molecule has 26 heteroatoms. The van der Waals surface area contributed by atoms with E-state index >= 15 is 0 Å². The molecular formula is C61H78N8O18+2. The highest BCUT2D eigenvalue weighted by Crippen LogP contribution is 2.57. The summed E-state index contributed by atoms with van der Waals surface area (Å²) in [6.07, 6.45) is -4.21. The van der Waals surface area contributed by atoms with Gasteiger partial charge in [-0.25, -0.2) is 14.3 Å². The molecule has 0 aliphatic carbocycles. The molecule has 1 aromatic heterocycles. The number of alkyl carbamates (subject to hydrolysis) is 1. The number of nitrogens with one attached hydrogen (secondary N) is 3. The van der Waals surface area contributed by atoms with E-state index in [0.717, 1.165) is 66.9 Å². The van der Waals surface area contributed by atoms with Crippen LogP contribution < -0.4 is 20.7 Å². The molecule has 10 rings (SSSR count). The summed E-state index contributed by atoms with van der Waals surface area (Å²) in [5.74, 6) is -1.75. The lowest BCUT2D eigenvalue weighted by atomic mass is 9.77. The SMILES string of the molecule is CC(C)(C)OC(=O)N[C@@H](Cc1cn(CCOCCOCCOCC[N+]23CC[N+](CCc4ccc(CCO[C@@H]5O[C@H](CO)[C@@H](O)[C@H](O)[C@H]5O)cc4)(CC2)C3)nn1)C(=O)NCC(=O)Nc1ccc2c(c1)C(=O)OC21c2ccc(O)cc2Oc2cc(O)ccc21. The standard InChI is InChI=1S/C61H76N8O18/c1-60(2,3)87-59(79)64-48(56(77)62-34-52(73)63-40-8-11-45-44(30-40)57(78)86-61(45)46-12-9-42(71)32-49(46)84-50-33-43(72)10-13-47(50)61)31-41-35-67(66-65-41)16-24-80-26-28-82-29-27-81-25-22-69-20-18-68(37-69,19-21-69)17-14-38-4-6-39(7-5-38)15-23-83-58-55(76)54(75)53(74)51(36-70)85-58/h4-13,30,32-33,35,48,51,53-55,58,70,74-76H,14-29,31,34,36-37H2,1-3H3,(H3-2,62,63,64,71,72,73,77,79)/p+2/t48-,51+,53+,54-,55+,58+,68?,69?/m0/s1. The van der Waals surface area contributed by atoms with Crippen LogP contribution >= 0.6 is 0 Å². The Kier molecular flexibility index (Phi) is 19.4. The van der Waals surface area contributed by atoms with Gasteiger partial charge in [-0.05, 0) is 74.7 Å². The molecule has 1 spiro atoms. The number of aliphatic hydroxyl groups excluding tert-OH is 4. The number of benzene rings is 4. The van der Waals surface area contributed by atoms with Gasteiger partial charge < -0.3 is 84.5 Å². The Bertz CT molecular complexity index is 3180. The fourth-order valence-electron chi connectivity index (χ4n) is 12.0. The topological polar surface area (TPSA) is 330 Å². The maximum Gasteiger partial charge on any atom is 0.408 e. The maximum absolute atomic E-state index is 13.6. The third-order valence-corrected chi connectivity index (χ3v) is 16.5. The molecular weight excluding hydrogens is 1130 g/mol. The number of phenolic OH excluding ortho intramolecular Hbond substituents is 2. The Labute approximate surface area is 502 Å². The van der Waals surface area contributed by atoms with Crippen LogP contribution in [0.4, 0.5) is 10.5 Å². The molecule has 6 atom stereocenters. The molecule has 9 N–H and O–H groups in total. The van der Waals surface area contributed by atoms with Crippen LogP contribution in [0.3, 0.4) is 0 Å². The predicted molar refractivity (Wildman–Crippen MR) is 307 cm³/mol. The average molecular weight is 1210 g/mol. The number of hydrogen-bond donors (Lipinski definition) is 9. The van der Waals surface area contributed by atoms with Gasteiger partial charge >= 0.3 is 12.1 Å². The smallest absolute Gasteiger partial charge is 0.408 e. The minimum absolute atomic E-state index is 0.0813. The largest absolute Gasteiger partial charge is 0.508 e. The van der Waals surface area contributed by atoms with Gasteiger partial charge in [0.15, 0.2) is 11.9 Å². The molecule has 87 heavy (non-hydrogen) atoms. The lowest BCUT2D eigenvalue weighted by molar-refractivity contribution is -0.987. The molecule has 0 saturated carbocycles. The summed E-state index contributed by atoms with van der Waals surface area (Å²) in [6, 6.07) is 20.8. The highest BCUT2D eigenvalue weighted by Gasteiger charge is 2.56. The van der Waals surface area contributed by atoms with Crippen LogP contribution in [-0.4, -0.2) is 226 Å². The summed E-state index contributed by atoms with van der Waals surface area (Å²) in [5.41, 5.74) is 2.06. The molecule has 2 bridgehead atoms. The monoisotopic (exact) mass is 1210 g/mol. The number of hydrogen-bond acceptors (Lipinski definition) is 20. The zero-order valence-corrected chi connectivity index (χ0v) is 49.0. The highest BCUT2D eigenvalue weighted by atomic mass is 16.7. The second kappa shape index (κ2) is 27.0. The van der Waals surface area contributed by atoms with Crippen LogP contribution in [-0.2, 0) is 74.2 Å². The van der Waals surface area contributed by atoms with Gasteiger partial charge in [0.1, 0.15) is 91.8 Å². The molecule has 4 aromatic carbocycles. The molecule has 6 heterocycles. The summed E-state index contributed by atoms with van der Waals surface area (Å²) >= 11 is 0. The number of carbonyl (C=O) groups excluding carboxylic acids is 4. The van der Waals surface area contributed by atoms with Crippen molar-refractivity contribution in [2.45, 2.75) is 94.5 Å². The second-order valence-corrected chi connectivity index (χ2v) is 23.8. The number of phenols is 2. The van der Waals surface area contributed by atoms with Crippen molar-refractivity contribution in [3.63, 3.8) is 0 Å². The number of rotatable bonds is 27. The number of anilines is 1. The molecule has 5 aliphatic heterocycles. The van der Waals surface area contributed by atoms with Crippen molar-refractivity contribution in [2.75, 3.05) is 111 Å². The van der Waals surface area contributed by atoms with Crippen LogP contribution in [0.1, 0.15) is 64.6 Å². The molecule has 468 valence electrons. The van der Waals surface area contributed by atoms with Gasteiger partial charge in [-0.2, -0.15) is 0 Å². The first-order valence-electron chi connectivity index (χ1n) is 29.4. The Hall–Kier alpha value is -7.34. The molecule has 26 nitrogen and oxygen atoms in total. The fraction of sp³-hybridized carbons (Fsp3) is 0.508. The normalized spacial score (nSPS) is 23.5. The summed E-state index contributed by atoms with van der Waals surface area (Å²) in [5, 5.41) is 76.4. The number of carbonyl (C=O) groups is 4. The van der Waals surface area contributed by atoms with Crippen molar-refractivity contribution in [2.24, 2.45) is 0 Å². The van der Waals surface area contributed by atoms with Crippen molar-refractivity contribution in [3.8, 4) is 23.0 Å². The summed E-state index contributed by atoms with van der Waals surface area (Å²) in [6.45, 7) is 15.0. The molecule has 3 fully saturated rings. The van der Waals surface area contributed by atoms with Crippen molar-refractivity contribution in [1.29, 1.82) is 0 Å². The van der Waals surface area contributed by atoms with Gasteiger partial charge in [0.2, 0.25) is 18.5 Å². The average Bonchev–Trinajstić information content (AvgIpc) is 1.68. The maximum atomic E-state index is 13.6. The van der Waals surface area contributed by atoms with Crippen LogP contribution in [0.15, 0.2) is 85.1 Å². The Morgan fingerprint density at radius 2 is 1.38 bits per heavy atom. The van der Waals surface area contributed by atoms with E-state index in [1.807, 2.05) is 0 Å². The van der Waals surface area contributed by atoms with Crippen molar-refractivity contribution >= 4 is 29.6 Å². The molecule has 5 aliphatic rings. The Balaban J connectivity index is 0.605. The quantitative estimate of drug-likeness (QED) is 0.0205. The van der Waals surface area contributed by atoms with Gasteiger partial charge in [-0.15, -0.1) is 5.10 Å². The van der Waals surface area contributed by atoms with Gasteiger partial charge in [0.05, 0.1) is 83.7 Å². The van der Waals surface area contributed by atoms with Crippen LogP contribution in [0.2, 0.25) is 0 Å². The summed E-state index contributed by atoms with van der Waals surface area (Å²) in [7, 11) is 0. The van der Waals surface area contributed by atoms with Gasteiger partial charge in [-0.1, -0.05) is 35.5 Å². The van der Waals surface area contributed by atoms with Gasteiger partial charge in [0, 0.05) is 53.5 Å². The number of quaternary nitrogens is 2. The highest BCUT2D eigenvalue weighted by molar-refractivity contribution is 6.00. The molecule has 3 saturated heterocycles. The van der Waals surface area contributed by atoms with E-state index in [4.69, 9.17) is 37.9 Å². The minimum atomic E-state index is -1.49. The lowest BCUT2D eigenvalue weighted by Gasteiger charge is -2.39. The lowest BCUT2D eigenvalue weighted by Crippen LogP contribution is -2.59. The molecule has 0 unspecified atom stereocenters. The number of esters is 1. The third kappa shape index (κ3) is 14.8. The van der Waals surface area contributed by atoms with E-state index in [2.05, 4.69) is 50.5 Å². The zero-order valence-electron chi connectivity index (χ0n) is 49.0. The minimum Gasteiger partial charge on any atom is -0.508 e. The molecule has 3 amide bonds. The zero-order chi connectivity index (χ0) is 61.5. The fourth-order valence-corrected chi connectivity index (χ4v) is 12.0. The number of ether oxygens (including phenoxy) is 8. The first-order valence-corrected chi connectivity index (χ1v) is 29.4. The Morgan fingerprint density at radius 3 is 2.03 bits per heavy atom. The summed E-state index contributed by atoms with van der Waals surface area (Å²) < 4.78 is 50.0. The van der Waals surface area contributed by atoms with E-state index in [1.165, 1.54) is 35.9 Å². The van der Waals surface area contributed by atoms with Crippen molar-refractivity contribution in [3.05, 3.63) is 124 Å². The number of nitrogens with zero attached hydrogens (tertiary/aromatic N) is 5. The van der Waals surface area contributed by atoms with E-state index in [0.29, 0.717) is 75.0 Å². The van der Waals surface area contributed by atoms with E-state index in [1.54, 1.807) is 55.9 Å². The molecule has 0 radical (unpaired) electrons. The number of aromatic hydroxyl groups is 2. The number of aliphatic hydroxyl groups is 4. The van der Waals surface area contributed by atoms with E-state index < -0.39 is 85.0 Å². The molecule has 5 aromatic rings. The van der Waals surface area contributed by atoms with E-state index in [-0.39, 0.29) is 47.3 Å². The van der Waals surface area contributed by atoms with Crippen molar-refractivity contribution in [1.82, 2.24) is 25.6 Å². The Morgan fingerprint density at radius 1 is 0.759 bits per heavy atom. The first kappa shape index (κ1) is 62.7. The third-order valence-electron chi connectivity index (χ3n) is 16.5. The number of piperazine rings is 1.